The molecular formula is C34H55NO2. The number of esters is 1. The van der Waals surface area contributed by atoms with Crippen LogP contribution in [-0.4, -0.2) is 18.8 Å². The maximum Gasteiger partial charge on any atom is 0.306 e. The van der Waals surface area contributed by atoms with Gasteiger partial charge in [0.1, 0.15) is 6.10 Å². The van der Waals surface area contributed by atoms with Crippen LogP contribution in [0.2, 0.25) is 0 Å². The van der Waals surface area contributed by atoms with E-state index in [1.54, 1.807) is 5.57 Å². The summed E-state index contributed by atoms with van der Waals surface area (Å²) in [6, 6.07) is 0. The van der Waals surface area contributed by atoms with E-state index >= 15 is 0 Å². The molecule has 0 aromatic rings. The Morgan fingerprint density at radius 2 is 1.89 bits per heavy atom. The molecule has 8 atom stereocenters. The van der Waals surface area contributed by atoms with Gasteiger partial charge >= 0.3 is 5.97 Å². The van der Waals surface area contributed by atoms with Crippen LogP contribution in [0.4, 0.5) is 0 Å². The van der Waals surface area contributed by atoms with Crippen molar-refractivity contribution in [3.63, 3.8) is 0 Å². The van der Waals surface area contributed by atoms with Crippen LogP contribution < -0.4 is 0 Å². The van der Waals surface area contributed by atoms with Gasteiger partial charge in [0.2, 0.25) is 0 Å². The molecule has 0 spiro atoms. The highest BCUT2D eigenvalue weighted by molar-refractivity contribution is 5.70. The van der Waals surface area contributed by atoms with Gasteiger partial charge in [0.25, 0.3) is 0 Å². The van der Waals surface area contributed by atoms with Crippen molar-refractivity contribution < 1.29 is 9.53 Å². The lowest BCUT2D eigenvalue weighted by atomic mass is 9.47. The Bertz CT molecular complexity index is 886. The minimum atomic E-state index is -0.0844. The Kier molecular flexibility index (Phi) is 9.12. The minimum Gasteiger partial charge on any atom is -0.462 e. The summed E-state index contributed by atoms with van der Waals surface area (Å²) < 4.78 is 5.96. The molecule has 0 amide bonds. The first kappa shape index (κ1) is 28.6. The molecule has 3 fully saturated rings. The Morgan fingerprint density at radius 3 is 2.59 bits per heavy atom. The largest absolute Gasteiger partial charge is 0.462 e. The van der Waals surface area contributed by atoms with Crippen molar-refractivity contribution in [1.82, 2.24) is 0 Å². The van der Waals surface area contributed by atoms with Crippen LogP contribution in [0.15, 0.2) is 28.4 Å². The van der Waals surface area contributed by atoms with E-state index in [0.717, 1.165) is 54.0 Å². The van der Waals surface area contributed by atoms with Gasteiger partial charge in [-0.2, -0.15) is 0 Å². The zero-order chi connectivity index (χ0) is 26.8. The molecule has 3 heteroatoms. The second-order valence-electron chi connectivity index (χ2n) is 14.1. The standard InChI is InChI=1S/C34H55NO2/c1-8-26(35-7)13-17-32(36)37-27-18-20-33(5)25(22-27)12-14-28-30-16-15-29(24(4)11-9-10-23(2)3)34(30,6)21-19-31(28)33/h8,12,23-24,27-31H,7,9-11,13-22H2,1-6H3/b26-8-. The molecule has 0 saturated heterocycles. The molecule has 0 aliphatic heterocycles. The first-order chi connectivity index (χ1) is 17.6. The normalized spacial score (nSPS) is 38.3. The van der Waals surface area contributed by atoms with E-state index in [9.17, 15) is 4.79 Å². The number of ether oxygens (including phenoxy) is 1. The number of carbonyl (C=O) groups excluding carboxylic acids is 1. The Labute approximate surface area is 228 Å². The highest BCUT2D eigenvalue weighted by atomic mass is 16.5. The van der Waals surface area contributed by atoms with Gasteiger partial charge < -0.3 is 4.74 Å². The van der Waals surface area contributed by atoms with Crippen LogP contribution in [0.25, 0.3) is 0 Å². The van der Waals surface area contributed by atoms with Crippen LogP contribution in [0.1, 0.15) is 125 Å². The van der Waals surface area contributed by atoms with Crippen LogP contribution in [0.3, 0.4) is 0 Å². The quantitative estimate of drug-likeness (QED) is 0.167. The fourth-order valence-corrected chi connectivity index (χ4v) is 9.54. The second-order valence-corrected chi connectivity index (χ2v) is 14.1. The zero-order valence-corrected chi connectivity index (χ0v) is 24.9. The maximum atomic E-state index is 12.5. The molecule has 0 bridgehead atoms. The number of nitrogens with zero attached hydrogens (tertiary/aromatic N) is 1. The maximum absolute atomic E-state index is 12.5. The molecule has 0 N–H and O–H groups in total. The molecule has 8 unspecified atom stereocenters. The van der Waals surface area contributed by atoms with Gasteiger partial charge in [-0.25, -0.2) is 0 Å². The van der Waals surface area contributed by atoms with E-state index in [-0.39, 0.29) is 12.1 Å². The smallest absolute Gasteiger partial charge is 0.306 e. The molecule has 208 valence electrons. The van der Waals surface area contributed by atoms with E-state index in [2.05, 4.69) is 52.4 Å². The fourth-order valence-electron chi connectivity index (χ4n) is 9.54. The molecule has 3 saturated carbocycles. The number of carbonyl (C=O) groups is 1. The highest BCUT2D eigenvalue weighted by Crippen LogP contribution is 2.67. The van der Waals surface area contributed by atoms with Gasteiger partial charge in [-0.15, -0.1) is 0 Å². The predicted octanol–water partition coefficient (Wildman–Crippen LogP) is 9.32. The summed E-state index contributed by atoms with van der Waals surface area (Å²) in [6.07, 6.45) is 19.9. The molecule has 3 nitrogen and oxygen atoms in total. The number of hydrogen-bond donors (Lipinski definition) is 0. The topological polar surface area (TPSA) is 38.7 Å². The fraction of sp³-hybridized carbons (Fsp3) is 0.824. The number of aliphatic imine (C=N–C) groups is 1. The summed E-state index contributed by atoms with van der Waals surface area (Å²) in [5.41, 5.74) is 3.32. The average Bonchev–Trinajstić information content (AvgIpc) is 3.22. The van der Waals surface area contributed by atoms with Gasteiger partial charge in [-0.3, -0.25) is 9.79 Å². The van der Waals surface area contributed by atoms with Gasteiger partial charge in [0, 0.05) is 12.1 Å². The summed E-state index contributed by atoms with van der Waals surface area (Å²) in [6.45, 7) is 18.1. The average molecular weight is 510 g/mol. The van der Waals surface area contributed by atoms with E-state index in [0.29, 0.717) is 23.7 Å². The minimum absolute atomic E-state index is 0.0468. The third-order valence-corrected chi connectivity index (χ3v) is 11.7. The molecule has 0 aromatic heterocycles. The number of hydrogen-bond acceptors (Lipinski definition) is 3. The number of fused-ring (bicyclic) bond motifs is 5. The van der Waals surface area contributed by atoms with E-state index in [4.69, 9.17) is 4.74 Å². The summed E-state index contributed by atoms with van der Waals surface area (Å²) in [5.74, 6) is 5.09. The van der Waals surface area contributed by atoms with Crippen LogP contribution in [0, 0.1) is 46.3 Å². The monoisotopic (exact) mass is 509 g/mol. The van der Waals surface area contributed by atoms with Crippen molar-refractivity contribution in [2.45, 2.75) is 131 Å². The molecule has 4 aliphatic carbocycles. The molecule has 4 rings (SSSR count). The summed E-state index contributed by atoms with van der Waals surface area (Å²) in [7, 11) is 0. The number of rotatable bonds is 10. The molecular weight excluding hydrogens is 454 g/mol. The van der Waals surface area contributed by atoms with Crippen LogP contribution in [0.5, 0.6) is 0 Å². The van der Waals surface area contributed by atoms with Crippen molar-refractivity contribution in [2.75, 3.05) is 0 Å². The van der Waals surface area contributed by atoms with E-state index in [1.807, 2.05) is 13.0 Å². The Hall–Kier alpha value is -1.38. The van der Waals surface area contributed by atoms with Crippen molar-refractivity contribution in [1.29, 1.82) is 0 Å². The molecule has 0 aromatic carbocycles. The SMILES string of the molecule is C=N/C(=C\C)CCC(=O)OC1CCC2(C)C(=CCC3C2CCC2(C)C(C(C)CCCC(C)C)CCC32)C1. The third-order valence-electron chi connectivity index (χ3n) is 11.7. The van der Waals surface area contributed by atoms with Crippen molar-refractivity contribution in [2.24, 2.45) is 51.3 Å². The van der Waals surface area contributed by atoms with E-state index in [1.165, 1.54) is 57.8 Å². The molecule has 37 heavy (non-hydrogen) atoms. The van der Waals surface area contributed by atoms with Crippen molar-refractivity contribution >= 4 is 12.7 Å². The van der Waals surface area contributed by atoms with Gasteiger partial charge in [-0.1, -0.05) is 71.6 Å². The predicted molar refractivity (Wildman–Crippen MR) is 155 cm³/mol. The van der Waals surface area contributed by atoms with Crippen molar-refractivity contribution in [3.05, 3.63) is 23.4 Å². The first-order valence-electron chi connectivity index (χ1n) is 15.6. The van der Waals surface area contributed by atoms with Gasteiger partial charge in [0.15, 0.2) is 0 Å². The van der Waals surface area contributed by atoms with Gasteiger partial charge in [-0.05, 0) is 111 Å². The summed E-state index contributed by atoms with van der Waals surface area (Å²) in [5, 5.41) is 0. The van der Waals surface area contributed by atoms with Crippen LogP contribution in [-0.2, 0) is 9.53 Å². The molecule has 0 radical (unpaired) electrons. The molecule has 4 aliphatic rings. The lowest BCUT2D eigenvalue weighted by Gasteiger charge is -2.58. The Morgan fingerprint density at radius 1 is 1.11 bits per heavy atom. The lowest BCUT2D eigenvalue weighted by Crippen LogP contribution is -2.51. The van der Waals surface area contributed by atoms with E-state index < -0.39 is 0 Å². The highest BCUT2D eigenvalue weighted by Gasteiger charge is 2.59. The third kappa shape index (κ3) is 5.81. The summed E-state index contributed by atoms with van der Waals surface area (Å²) >= 11 is 0. The van der Waals surface area contributed by atoms with Crippen LogP contribution >= 0.6 is 0 Å². The molecule has 0 heterocycles. The second kappa shape index (κ2) is 11.8. The van der Waals surface area contributed by atoms with Crippen molar-refractivity contribution in [3.8, 4) is 0 Å². The Balaban J connectivity index is 1.38. The lowest BCUT2D eigenvalue weighted by molar-refractivity contribution is -0.151. The summed E-state index contributed by atoms with van der Waals surface area (Å²) in [4.78, 5) is 16.5. The zero-order valence-electron chi connectivity index (χ0n) is 24.9. The first-order valence-corrected chi connectivity index (χ1v) is 15.6. The van der Waals surface area contributed by atoms with Gasteiger partial charge in [0.05, 0.1) is 6.42 Å². The number of allylic oxidation sites excluding steroid dienone is 3.